The summed E-state index contributed by atoms with van der Waals surface area (Å²) in [6.45, 7) is 5.76. The predicted molar refractivity (Wildman–Crippen MR) is 116 cm³/mol. The molecule has 4 nitrogen and oxygen atoms in total. The van der Waals surface area contributed by atoms with Crippen LogP contribution in [0.1, 0.15) is 37.3 Å². The van der Waals surface area contributed by atoms with Crippen LogP contribution in [0.2, 0.25) is 10.0 Å². The van der Waals surface area contributed by atoms with Crippen LogP contribution in [0.25, 0.3) is 0 Å². The molecule has 0 saturated heterocycles. The minimum absolute atomic E-state index is 0.384. The Balaban J connectivity index is 1.89. The zero-order valence-corrected chi connectivity index (χ0v) is 18.1. The Morgan fingerprint density at radius 1 is 1.00 bits per heavy atom. The molecule has 0 aliphatic rings. The Morgan fingerprint density at radius 2 is 1.82 bits per heavy atom. The molecule has 2 aromatic carbocycles. The molecular formula is C22H29Cl2NO3. The average Bonchev–Trinajstić information content (AvgIpc) is 2.71. The monoisotopic (exact) mass is 425 g/mol. The number of para-hydroxylation sites is 1. The van der Waals surface area contributed by atoms with E-state index in [1.165, 1.54) is 6.42 Å². The SMILES string of the molecule is CCCCOCCCNCc1cccc(OC)c1OCc1ccc(Cl)c(Cl)c1. The lowest BCUT2D eigenvalue weighted by Gasteiger charge is -2.16. The van der Waals surface area contributed by atoms with Crippen molar-refractivity contribution in [3.63, 3.8) is 0 Å². The number of benzene rings is 2. The number of methoxy groups -OCH3 is 1. The van der Waals surface area contributed by atoms with Crippen molar-refractivity contribution in [3.05, 3.63) is 57.6 Å². The summed E-state index contributed by atoms with van der Waals surface area (Å²) in [5.74, 6) is 1.45. The Morgan fingerprint density at radius 3 is 2.57 bits per heavy atom. The van der Waals surface area contributed by atoms with Crippen LogP contribution in [0.4, 0.5) is 0 Å². The number of hydrogen-bond acceptors (Lipinski definition) is 4. The minimum atomic E-state index is 0.384. The van der Waals surface area contributed by atoms with E-state index in [1.54, 1.807) is 13.2 Å². The zero-order chi connectivity index (χ0) is 20.2. The molecule has 0 aliphatic heterocycles. The first kappa shape index (κ1) is 22.8. The molecule has 28 heavy (non-hydrogen) atoms. The molecule has 0 unspecified atom stereocenters. The lowest BCUT2D eigenvalue weighted by atomic mass is 10.1. The third-order valence-corrected chi connectivity index (χ3v) is 4.99. The number of rotatable bonds is 13. The molecule has 1 N–H and O–H groups in total. The topological polar surface area (TPSA) is 39.7 Å². The summed E-state index contributed by atoms with van der Waals surface area (Å²) in [5, 5.41) is 4.50. The minimum Gasteiger partial charge on any atom is -0.493 e. The van der Waals surface area contributed by atoms with E-state index in [-0.39, 0.29) is 0 Å². The highest BCUT2D eigenvalue weighted by molar-refractivity contribution is 6.42. The summed E-state index contributed by atoms with van der Waals surface area (Å²) in [6, 6.07) is 11.4. The Labute approximate surface area is 178 Å². The summed E-state index contributed by atoms with van der Waals surface area (Å²) in [5.41, 5.74) is 2.00. The van der Waals surface area contributed by atoms with Gasteiger partial charge in [0, 0.05) is 25.3 Å². The van der Waals surface area contributed by atoms with Crippen molar-refractivity contribution in [2.45, 2.75) is 39.3 Å². The van der Waals surface area contributed by atoms with E-state index < -0.39 is 0 Å². The van der Waals surface area contributed by atoms with Gasteiger partial charge < -0.3 is 19.5 Å². The van der Waals surface area contributed by atoms with Crippen LogP contribution in [0.5, 0.6) is 11.5 Å². The quantitative estimate of drug-likeness (QED) is 0.406. The van der Waals surface area contributed by atoms with Crippen LogP contribution >= 0.6 is 23.2 Å². The fourth-order valence-electron chi connectivity index (χ4n) is 2.68. The molecule has 6 heteroatoms. The fraction of sp³-hybridized carbons (Fsp3) is 0.455. The summed E-state index contributed by atoms with van der Waals surface area (Å²) in [4.78, 5) is 0. The van der Waals surface area contributed by atoms with Crippen molar-refractivity contribution < 1.29 is 14.2 Å². The summed E-state index contributed by atoms with van der Waals surface area (Å²) in [6.07, 6.45) is 3.27. The van der Waals surface area contributed by atoms with E-state index in [1.807, 2.05) is 30.3 Å². The molecule has 0 atom stereocenters. The highest BCUT2D eigenvalue weighted by atomic mass is 35.5. The van der Waals surface area contributed by atoms with E-state index in [0.29, 0.717) is 28.9 Å². The van der Waals surface area contributed by atoms with Crippen molar-refractivity contribution in [1.29, 1.82) is 0 Å². The number of unbranched alkanes of at least 4 members (excludes halogenated alkanes) is 1. The summed E-state index contributed by atoms with van der Waals surface area (Å²) in [7, 11) is 1.65. The van der Waals surface area contributed by atoms with Gasteiger partial charge in [-0.15, -0.1) is 0 Å². The van der Waals surface area contributed by atoms with Crippen molar-refractivity contribution in [3.8, 4) is 11.5 Å². The largest absolute Gasteiger partial charge is 0.493 e. The van der Waals surface area contributed by atoms with Crippen molar-refractivity contribution >= 4 is 23.2 Å². The second-order valence-electron chi connectivity index (χ2n) is 6.48. The Kier molecular flexibility index (Phi) is 10.5. The van der Waals surface area contributed by atoms with Gasteiger partial charge in [0.1, 0.15) is 6.61 Å². The van der Waals surface area contributed by atoms with Gasteiger partial charge in [0.25, 0.3) is 0 Å². The first-order valence-corrected chi connectivity index (χ1v) is 10.4. The van der Waals surface area contributed by atoms with Gasteiger partial charge in [0.2, 0.25) is 0 Å². The third kappa shape index (κ3) is 7.51. The Bertz CT molecular complexity index is 725. The molecule has 0 amide bonds. The van der Waals surface area contributed by atoms with E-state index in [0.717, 1.165) is 49.5 Å². The van der Waals surface area contributed by atoms with Crippen LogP contribution in [0, 0.1) is 0 Å². The van der Waals surface area contributed by atoms with Gasteiger partial charge in [-0.25, -0.2) is 0 Å². The van der Waals surface area contributed by atoms with Gasteiger partial charge in [0.15, 0.2) is 11.5 Å². The number of ether oxygens (including phenoxy) is 3. The van der Waals surface area contributed by atoms with E-state index in [4.69, 9.17) is 37.4 Å². The zero-order valence-electron chi connectivity index (χ0n) is 16.6. The fourth-order valence-corrected chi connectivity index (χ4v) is 3.00. The normalized spacial score (nSPS) is 10.9. The van der Waals surface area contributed by atoms with Gasteiger partial charge in [-0.05, 0) is 43.1 Å². The smallest absolute Gasteiger partial charge is 0.166 e. The van der Waals surface area contributed by atoms with Crippen molar-refractivity contribution in [1.82, 2.24) is 5.32 Å². The molecule has 0 spiro atoms. The predicted octanol–water partition coefficient (Wildman–Crippen LogP) is 5.88. The van der Waals surface area contributed by atoms with Crippen molar-refractivity contribution in [2.24, 2.45) is 0 Å². The number of hydrogen-bond donors (Lipinski definition) is 1. The molecule has 2 rings (SSSR count). The molecule has 0 heterocycles. The third-order valence-electron chi connectivity index (χ3n) is 4.25. The molecular weight excluding hydrogens is 397 g/mol. The molecule has 0 radical (unpaired) electrons. The highest BCUT2D eigenvalue weighted by Crippen LogP contribution is 2.32. The second-order valence-corrected chi connectivity index (χ2v) is 7.30. The highest BCUT2D eigenvalue weighted by Gasteiger charge is 2.11. The standard InChI is InChI=1S/C22H29Cl2NO3/c1-3-4-12-27-13-6-11-25-15-18-7-5-8-21(26-2)22(18)28-16-17-9-10-19(23)20(24)14-17/h5,7-10,14,25H,3-4,6,11-13,15-16H2,1-2H3. The van der Waals surface area contributed by atoms with Crippen LogP contribution in [-0.4, -0.2) is 26.9 Å². The van der Waals surface area contributed by atoms with E-state index in [9.17, 15) is 0 Å². The molecule has 2 aromatic rings. The van der Waals surface area contributed by atoms with Crippen LogP contribution in [-0.2, 0) is 17.9 Å². The maximum Gasteiger partial charge on any atom is 0.166 e. The molecule has 0 bridgehead atoms. The number of halogens is 2. The first-order valence-electron chi connectivity index (χ1n) is 9.66. The Hall–Kier alpha value is -1.46. The maximum absolute atomic E-state index is 6.09. The van der Waals surface area contributed by atoms with Gasteiger partial charge in [-0.1, -0.05) is 54.7 Å². The van der Waals surface area contributed by atoms with Crippen molar-refractivity contribution in [2.75, 3.05) is 26.9 Å². The van der Waals surface area contributed by atoms with Crippen LogP contribution in [0.15, 0.2) is 36.4 Å². The average molecular weight is 426 g/mol. The van der Waals surface area contributed by atoms with Crippen LogP contribution in [0.3, 0.4) is 0 Å². The van der Waals surface area contributed by atoms with Gasteiger partial charge in [-0.3, -0.25) is 0 Å². The molecule has 0 aromatic heterocycles. The molecule has 0 saturated carbocycles. The van der Waals surface area contributed by atoms with Gasteiger partial charge >= 0.3 is 0 Å². The summed E-state index contributed by atoms with van der Waals surface area (Å²) < 4.78 is 17.1. The van der Waals surface area contributed by atoms with Gasteiger partial charge in [-0.2, -0.15) is 0 Å². The molecule has 0 aliphatic carbocycles. The first-order chi connectivity index (χ1) is 13.7. The molecule has 154 valence electrons. The summed E-state index contributed by atoms with van der Waals surface area (Å²) >= 11 is 12.1. The lowest BCUT2D eigenvalue weighted by Crippen LogP contribution is -2.17. The lowest BCUT2D eigenvalue weighted by molar-refractivity contribution is 0.128. The molecule has 0 fully saturated rings. The van der Waals surface area contributed by atoms with E-state index >= 15 is 0 Å². The van der Waals surface area contributed by atoms with Gasteiger partial charge in [0.05, 0.1) is 17.2 Å². The van der Waals surface area contributed by atoms with Crippen LogP contribution < -0.4 is 14.8 Å². The second kappa shape index (κ2) is 12.9. The number of nitrogens with one attached hydrogen (secondary N) is 1. The maximum atomic E-state index is 6.09. The van der Waals surface area contributed by atoms with E-state index in [2.05, 4.69) is 12.2 Å².